The third-order valence-corrected chi connectivity index (χ3v) is 11.8. The van der Waals surface area contributed by atoms with Gasteiger partial charge in [0.1, 0.15) is 25.3 Å². The maximum Gasteiger partial charge on any atom is 0.490 e. The molecule has 29 nitrogen and oxygen atoms in total. The number of nitrogens with two attached hydrogens (primary N) is 1. The Labute approximate surface area is 471 Å². The zero-order valence-corrected chi connectivity index (χ0v) is 45.5. The Balaban J connectivity index is 0.000000327. The lowest BCUT2D eigenvalue weighted by atomic mass is 10.0. The largest absolute Gasteiger partial charge is 0.490 e. The van der Waals surface area contributed by atoms with Crippen LogP contribution in [0.1, 0.15) is 87.9 Å². The van der Waals surface area contributed by atoms with Crippen molar-refractivity contribution in [1.82, 2.24) is 25.3 Å². The molecule has 0 spiro atoms. The lowest BCUT2D eigenvalue weighted by Gasteiger charge is -2.32. The van der Waals surface area contributed by atoms with Gasteiger partial charge in [0.2, 0.25) is 35.4 Å². The summed E-state index contributed by atoms with van der Waals surface area (Å²) < 4.78 is 69.0. The third-order valence-electron chi connectivity index (χ3n) is 11.8. The number of fused-ring (bicyclic) bond motifs is 2. The summed E-state index contributed by atoms with van der Waals surface area (Å²) in [6.07, 6.45) is -5.98. The topological polar surface area (TPSA) is 394 Å². The molecule has 11 amide bonds. The Morgan fingerprint density at radius 1 is 0.578 bits per heavy atom. The maximum atomic E-state index is 13.1. The fraction of sp³-hybridized carbons (Fsp3) is 0.529. The molecule has 2 aromatic carbocycles. The first-order chi connectivity index (χ1) is 39.3. The second-order valence-corrected chi connectivity index (χ2v) is 18.8. The van der Waals surface area contributed by atoms with Crippen LogP contribution in [0, 0.1) is 0 Å². The van der Waals surface area contributed by atoms with Crippen molar-refractivity contribution in [2.24, 2.45) is 5.73 Å². The summed E-state index contributed by atoms with van der Waals surface area (Å²) in [5.41, 5.74) is 5.16. The predicted octanol–water partition coefficient (Wildman–Crippen LogP) is 0.539. The van der Waals surface area contributed by atoms with E-state index < -0.39 is 94.9 Å². The number of rotatable bonds is 28. The Hall–Kier alpha value is -7.85. The molecule has 4 aliphatic heterocycles. The van der Waals surface area contributed by atoms with Crippen molar-refractivity contribution in [3.05, 3.63) is 58.7 Å². The van der Waals surface area contributed by atoms with Gasteiger partial charge in [0.15, 0.2) is 0 Å². The second-order valence-electron chi connectivity index (χ2n) is 18.8. The SMILES string of the molecule is CC(C)(C)N(CCOCCOCCOCCOCC(=O)Nc1cccc2c1C(=O)N(C1CCC(=O)NC1=O)C2=O)C(=O)O.NCCOCCOCCOCC(=O)Nc1cccc2c1C(=O)N(C1CCC(=O)NC1=O)C2=O.O=C(O)C(F)(F)F. The Morgan fingerprint density at radius 3 is 1.25 bits per heavy atom. The minimum Gasteiger partial charge on any atom is -0.475 e. The molecule has 456 valence electrons. The van der Waals surface area contributed by atoms with Gasteiger partial charge in [0.05, 0.1) is 113 Å². The van der Waals surface area contributed by atoms with Crippen LogP contribution >= 0.6 is 0 Å². The van der Waals surface area contributed by atoms with E-state index in [4.69, 9.17) is 48.8 Å². The number of anilines is 2. The van der Waals surface area contributed by atoms with Gasteiger partial charge < -0.3 is 64.6 Å². The Bertz CT molecular complexity index is 2700. The van der Waals surface area contributed by atoms with E-state index in [2.05, 4.69) is 21.3 Å². The van der Waals surface area contributed by atoms with E-state index in [1.807, 2.05) is 20.8 Å². The van der Waals surface area contributed by atoms with Crippen LogP contribution in [-0.4, -0.2) is 225 Å². The van der Waals surface area contributed by atoms with Gasteiger partial charge in [0, 0.05) is 31.5 Å². The number of amides is 11. The monoisotopic (exact) mass is 1180 g/mol. The summed E-state index contributed by atoms with van der Waals surface area (Å²) in [5, 5.41) is 25.8. The van der Waals surface area contributed by atoms with Crippen LogP contribution in [0.3, 0.4) is 0 Å². The summed E-state index contributed by atoms with van der Waals surface area (Å²) >= 11 is 0. The number of benzene rings is 2. The number of aliphatic carboxylic acids is 1. The van der Waals surface area contributed by atoms with Crippen LogP contribution in [0.25, 0.3) is 0 Å². The van der Waals surface area contributed by atoms with Crippen molar-refractivity contribution in [2.45, 2.75) is 70.3 Å². The Morgan fingerprint density at radius 2 is 0.928 bits per heavy atom. The number of nitrogens with one attached hydrogen (secondary N) is 4. The standard InChI is InChI=1S/C28H38N4O11.C21H26N4O8.C2HF3O2/c1-28(2,3)31(27(38)39)9-10-40-11-12-41-13-14-42-15-16-43-17-22(34)29-19-6-4-5-18-23(19)26(37)32(25(18)36)20-7-8-21(33)30-24(20)35;22-6-7-31-8-9-32-10-11-33-12-17(27)23-14-3-1-2-13-18(14)21(30)25(20(13)29)15-4-5-16(26)24-19(15)28;3-2(4,5)1(6)7/h4-6,20H,7-17H2,1-3H3,(H,29,34)(H,38,39)(H,30,33,35);1-3,15H,4-12,22H2,(H,23,27)(H,24,26,28);(H,6,7). The highest BCUT2D eigenvalue weighted by molar-refractivity contribution is 6.27. The van der Waals surface area contributed by atoms with Crippen molar-refractivity contribution in [1.29, 1.82) is 0 Å². The molecule has 0 aromatic heterocycles. The quantitative estimate of drug-likeness (QED) is 0.0451. The Kier molecular flexibility index (Phi) is 26.7. The van der Waals surface area contributed by atoms with Gasteiger partial charge in [0.25, 0.3) is 23.6 Å². The van der Waals surface area contributed by atoms with Crippen LogP contribution < -0.4 is 27.0 Å². The summed E-state index contributed by atoms with van der Waals surface area (Å²) in [6.45, 7) is 9.08. The summed E-state index contributed by atoms with van der Waals surface area (Å²) in [5.74, 6) is -8.91. The molecular weight excluding hydrogens is 1120 g/mol. The molecule has 4 heterocycles. The normalized spacial score (nSPS) is 16.7. The molecule has 2 unspecified atom stereocenters. The van der Waals surface area contributed by atoms with Crippen molar-refractivity contribution < 1.29 is 114 Å². The van der Waals surface area contributed by atoms with Gasteiger partial charge in [-0.15, -0.1) is 0 Å². The second kappa shape index (κ2) is 32.7. The zero-order chi connectivity index (χ0) is 61.4. The number of hydrogen-bond donors (Lipinski definition) is 7. The molecule has 0 radical (unpaired) electrons. The predicted molar refractivity (Wildman–Crippen MR) is 276 cm³/mol. The smallest absolute Gasteiger partial charge is 0.475 e. The highest BCUT2D eigenvalue weighted by Gasteiger charge is 2.47. The van der Waals surface area contributed by atoms with Gasteiger partial charge >= 0.3 is 18.2 Å². The van der Waals surface area contributed by atoms with Gasteiger partial charge in [-0.25, -0.2) is 9.59 Å². The van der Waals surface area contributed by atoms with Crippen LogP contribution in [0.2, 0.25) is 0 Å². The lowest BCUT2D eigenvalue weighted by molar-refractivity contribution is -0.192. The molecule has 0 saturated carbocycles. The molecule has 2 fully saturated rings. The van der Waals surface area contributed by atoms with E-state index in [-0.39, 0.29) is 112 Å². The summed E-state index contributed by atoms with van der Waals surface area (Å²) in [7, 11) is 0. The van der Waals surface area contributed by atoms with Gasteiger partial charge in [-0.1, -0.05) is 12.1 Å². The van der Waals surface area contributed by atoms with E-state index >= 15 is 0 Å². The van der Waals surface area contributed by atoms with E-state index in [9.17, 15) is 71.0 Å². The van der Waals surface area contributed by atoms with E-state index in [0.29, 0.717) is 52.8 Å². The van der Waals surface area contributed by atoms with Crippen molar-refractivity contribution in [2.75, 3.05) is 116 Å². The molecular formula is C51H65F3N8O21. The lowest BCUT2D eigenvalue weighted by Crippen LogP contribution is -2.54. The number of hydrogen-bond acceptors (Lipinski definition) is 20. The van der Waals surface area contributed by atoms with Gasteiger partial charge in [-0.3, -0.25) is 68.4 Å². The van der Waals surface area contributed by atoms with Crippen molar-refractivity contribution >= 4 is 82.5 Å². The van der Waals surface area contributed by atoms with Crippen LogP contribution in [-0.2, 0) is 66.7 Å². The number of piperidine rings is 2. The fourth-order valence-electron chi connectivity index (χ4n) is 8.00. The van der Waals surface area contributed by atoms with Crippen LogP contribution in [0.15, 0.2) is 36.4 Å². The molecule has 4 aliphatic rings. The first-order valence-corrected chi connectivity index (χ1v) is 25.6. The average Bonchev–Trinajstić information content (AvgIpc) is 1.98. The highest BCUT2D eigenvalue weighted by Crippen LogP contribution is 2.34. The number of halogens is 3. The molecule has 8 N–H and O–H groups in total. The number of alkyl halides is 3. The summed E-state index contributed by atoms with van der Waals surface area (Å²) in [4.78, 5) is 147. The molecule has 2 atom stereocenters. The third kappa shape index (κ3) is 20.5. The number of carboxylic acid groups (broad SMARTS) is 2. The number of carbonyl (C=O) groups excluding carboxylic acids is 10. The molecule has 32 heteroatoms. The number of carbonyl (C=O) groups is 12. The molecule has 0 bridgehead atoms. The van der Waals surface area contributed by atoms with Gasteiger partial charge in [-0.05, 0) is 57.9 Å². The minimum atomic E-state index is -5.08. The highest BCUT2D eigenvalue weighted by atomic mass is 19.4. The molecule has 83 heavy (non-hydrogen) atoms. The summed E-state index contributed by atoms with van der Waals surface area (Å²) in [6, 6.07) is 6.69. The van der Waals surface area contributed by atoms with E-state index in [1.165, 1.54) is 41.3 Å². The molecule has 0 aliphatic carbocycles. The van der Waals surface area contributed by atoms with Crippen LogP contribution in [0.5, 0.6) is 0 Å². The first-order valence-electron chi connectivity index (χ1n) is 25.6. The number of ether oxygens (including phenoxy) is 7. The van der Waals surface area contributed by atoms with E-state index in [0.717, 1.165) is 9.80 Å². The van der Waals surface area contributed by atoms with Crippen molar-refractivity contribution in [3.63, 3.8) is 0 Å². The average molecular weight is 1180 g/mol. The number of nitrogens with zero attached hydrogens (tertiary/aromatic N) is 3. The fourth-order valence-corrected chi connectivity index (χ4v) is 8.00. The zero-order valence-electron chi connectivity index (χ0n) is 45.5. The molecule has 6 rings (SSSR count). The minimum absolute atomic E-state index is 0.00126. The number of carboxylic acids is 1. The number of imide groups is 4. The maximum absolute atomic E-state index is 13.1. The van der Waals surface area contributed by atoms with E-state index in [1.54, 1.807) is 0 Å². The van der Waals surface area contributed by atoms with Crippen LogP contribution in [0.4, 0.5) is 29.3 Å². The van der Waals surface area contributed by atoms with Crippen molar-refractivity contribution in [3.8, 4) is 0 Å². The molecule has 2 saturated heterocycles. The van der Waals surface area contributed by atoms with Gasteiger partial charge in [-0.2, -0.15) is 13.2 Å². The molecule has 2 aromatic rings. The first kappa shape index (κ1) is 67.7.